The lowest BCUT2D eigenvalue weighted by Crippen LogP contribution is -2.44. The van der Waals surface area contributed by atoms with Gasteiger partial charge in [0.15, 0.2) is 5.82 Å². The molecule has 1 N–H and O–H groups in total. The summed E-state index contributed by atoms with van der Waals surface area (Å²) in [7, 11) is 2.15. The molecule has 1 aliphatic rings. The maximum atomic E-state index is 13.1. The third kappa shape index (κ3) is 7.49. The van der Waals surface area contributed by atoms with Crippen LogP contribution in [0.5, 0.6) is 0 Å². The average Bonchev–Trinajstić information content (AvgIpc) is 2.78. The van der Waals surface area contributed by atoms with Crippen LogP contribution in [-0.2, 0) is 6.54 Å². The molecule has 9 heteroatoms. The average molecular weight is 514 g/mol. The van der Waals surface area contributed by atoms with Gasteiger partial charge in [0, 0.05) is 51.0 Å². The van der Waals surface area contributed by atoms with Crippen LogP contribution in [0.4, 0.5) is 5.82 Å². The predicted octanol–water partition coefficient (Wildman–Crippen LogP) is 3.45. The Kier molecular flexibility index (Phi) is 8.40. The van der Waals surface area contributed by atoms with Crippen molar-refractivity contribution in [2.75, 3.05) is 44.8 Å². The number of aromatic nitrogens is 2. The molecular weight excluding hydrogens is 482 g/mol. The van der Waals surface area contributed by atoms with Gasteiger partial charge in [0.2, 0.25) is 5.82 Å². The van der Waals surface area contributed by atoms with Gasteiger partial charge in [-0.15, -0.1) is 0 Å². The van der Waals surface area contributed by atoms with E-state index in [1.54, 1.807) is 5.01 Å². The molecule has 0 aliphatic carbocycles. The molecule has 1 saturated heterocycles. The van der Waals surface area contributed by atoms with Crippen molar-refractivity contribution in [2.24, 2.45) is 5.41 Å². The van der Waals surface area contributed by atoms with Gasteiger partial charge in [0.1, 0.15) is 6.07 Å². The molecule has 0 atom stereocenters. The van der Waals surface area contributed by atoms with Crippen LogP contribution in [0.25, 0.3) is 0 Å². The molecule has 0 bridgehead atoms. The van der Waals surface area contributed by atoms with Crippen molar-refractivity contribution in [3.8, 4) is 6.07 Å². The molecular formula is C24H32BrN7O. The summed E-state index contributed by atoms with van der Waals surface area (Å²) in [6.07, 6.45) is 2.35. The van der Waals surface area contributed by atoms with E-state index in [1.807, 2.05) is 30.3 Å². The predicted molar refractivity (Wildman–Crippen MR) is 133 cm³/mol. The number of amides is 1. The molecule has 0 radical (unpaired) electrons. The summed E-state index contributed by atoms with van der Waals surface area (Å²) in [6, 6.07) is 9.71. The van der Waals surface area contributed by atoms with Gasteiger partial charge in [0.05, 0.1) is 4.47 Å². The lowest BCUT2D eigenvalue weighted by molar-refractivity contribution is 0.0946. The number of nitrogens with one attached hydrogen (secondary N) is 1. The van der Waals surface area contributed by atoms with Crippen LogP contribution in [0.1, 0.15) is 48.9 Å². The molecule has 1 fully saturated rings. The molecule has 0 saturated carbocycles. The van der Waals surface area contributed by atoms with Crippen molar-refractivity contribution < 1.29 is 4.79 Å². The van der Waals surface area contributed by atoms with Crippen LogP contribution < -0.4 is 10.4 Å². The lowest BCUT2D eigenvalue weighted by atomic mass is 9.92. The first kappa shape index (κ1) is 25.1. The number of halogens is 1. The summed E-state index contributed by atoms with van der Waals surface area (Å²) in [5.74, 6) is 0.293. The molecule has 1 aliphatic heterocycles. The normalized spacial score (nSPS) is 15.2. The van der Waals surface area contributed by atoms with Gasteiger partial charge < -0.3 is 4.90 Å². The van der Waals surface area contributed by atoms with Crippen molar-refractivity contribution in [1.82, 2.24) is 25.2 Å². The van der Waals surface area contributed by atoms with Gasteiger partial charge in [0.25, 0.3) is 5.91 Å². The Bertz CT molecular complexity index is 989. The maximum absolute atomic E-state index is 13.1. The number of hydrazine groups is 1. The maximum Gasteiger partial charge on any atom is 0.269 e. The number of benzene rings is 1. The molecule has 3 rings (SSSR count). The highest BCUT2D eigenvalue weighted by Crippen LogP contribution is 2.25. The summed E-state index contributed by atoms with van der Waals surface area (Å²) in [5, 5.41) is 10.9. The Balaban J connectivity index is 1.71. The van der Waals surface area contributed by atoms with Gasteiger partial charge in [-0.1, -0.05) is 32.9 Å². The fraction of sp³-hybridized carbons (Fsp3) is 0.500. The Hall–Kier alpha value is -2.54. The van der Waals surface area contributed by atoms with E-state index in [4.69, 9.17) is 0 Å². The number of hydrogen-bond acceptors (Lipinski definition) is 7. The van der Waals surface area contributed by atoms with E-state index in [-0.39, 0.29) is 17.1 Å². The second-order valence-electron chi connectivity index (χ2n) is 9.66. The van der Waals surface area contributed by atoms with Crippen LogP contribution in [-0.4, -0.2) is 65.4 Å². The third-order valence-corrected chi connectivity index (χ3v) is 6.18. The van der Waals surface area contributed by atoms with Crippen molar-refractivity contribution in [1.29, 1.82) is 5.26 Å². The number of hydrogen-bond donors (Lipinski definition) is 1. The number of piperazine rings is 1. The SMILES string of the molecule is CN1CCN(Cc2ccc(C(=O)NN(CCC(C)(C)C)c3nc(C#N)ncc3Br)cc2)CC1. The highest BCUT2D eigenvalue weighted by molar-refractivity contribution is 9.10. The second kappa shape index (κ2) is 11.1. The smallest absolute Gasteiger partial charge is 0.269 e. The molecule has 1 amide bonds. The molecule has 0 spiro atoms. The zero-order valence-electron chi connectivity index (χ0n) is 19.8. The van der Waals surface area contributed by atoms with Crippen molar-refractivity contribution in [3.63, 3.8) is 0 Å². The first-order valence-electron chi connectivity index (χ1n) is 11.2. The van der Waals surface area contributed by atoms with E-state index in [2.05, 4.69) is 68.9 Å². The molecule has 2 aromatic rings. The molecule has 33 heavy (non-hydrogen) atoms. The van der Waals surface area contributed by atoms with E-state index >= 15 is 0 Å². The van der Waals surface area contributed by atoms with Crippen LogP contribution in [0.3, 0.4) is 0 Å². The van der Waals surface area contributed by atoms with Crippen molar-refractivity contribution in [2.45, 2.75) is 33.7 Å². The molecule has 0 unspecified atom stereocenters. The van der Waals surface area contributed by atoms with E-state index in [0.29, 0.717) is 22.4 Å². The number of carbonyl (C=O) groups is 1. The van der Waals surface area contributed by atoms with E-state index in [1.165, 1.54) is 11.8 Å². The Morgan fingerprint density at radius 1 is 1.21 bits per heavy atom. The first-order valence-corrected chi connectivity index (χ1v) is 11.9. The molecule has 2 heterocycles. The van der Waals surface area contributed by atoms with Gasteiger partial charge in [-0.3, -0.25) is 20.1 Å². The number of nitrogens with zero attached hydrogens (tertiary/aromatic N) is 6. The topological polar surface area (TPSA) is 88.4 Å². The summed E-state index contributed by atoms with van der Waals surface area (Å²) >= 11 is 3.45. The van der Waals surface area contributed by atoms with Crippen LogP contribution in [0.15, 0.2) is 34.9 Å². The number of carbonyl (C=O) groups excluding carboxylic acids is 1. The molecule has 176 valence electrons. The summed E-state index contributed by atoms with van der Waals surface area (Å²) in [4.78, 5) is 26.1. The molecule has 8 nitrogen and oxygen atoms in total. The fourth-order valence-corrected chi connectivity index (χ4v) is 3.88. The van der Waals surface area contributed by atoms with E-state index in [9.17, 15) is 10.1 Å². The van der Waals surface area contributed by atoms with Gasteiger partial charge >= 0.3 is 0 Å². The standard InChI is InChI=1S/C24H32BrN7O/c1-24(2,3)9-10-32(22-20(25)16-27-21(15-26)28-22)29-23(33)19-7-5-18(6-8-19)17-31-13-11-30(4)12-14-31/h5-8,16H,9-14,17H2,1-4H3,(H,29,33). The van der Waals surface area contributed by atoms with Gasteiger partial charge in [-0.2, -0.15) is 10.2 Å². The number of rotatable bonds is 7. The Morgan fingerprint density at radius 2 is 1.88 bits per heavy atom. The van der Waals surface area contributed by atoms with Crippen molar-refractivity contribution >= 4 is 27.7 Å². The van der Waals surface area contributed by atoms with Gasteiger partial charge in [-0.05, 0) is 52.5 Å². The largest absolute Gasteiger partial charge is 0.304 e. The third-order valence-electron chi connectivity index (χ3n) is 5.62. The second-order valence-corrected chi connectivity index (χ2v) is 10.5. The number of likely N-dealkylation sites (N-methyl/N-ethyl adjacent to an activating group) is 1. The lowest BCUT2D eigenvalue weighted by Gasteiger charge is -2.32. The molecule has 1 aromatic heterocycles. The van der Waals surface area contributed by atoms with Gasteiger partial charge in [-0.25, -0.2) is 4.98 Å². The highest BCUT2D eigenvalue weighted by Gasteiger charge is 2.21. The van der Waals surface area contributed by atoms with Crippen LogP contribution >= 0.6 is 15.9 Å². The zero-order valence-corrected chi connectivity index (χ0v) is 21.4. The minimum absolute atomic E-state index is 0.0523. The van der Waals surface area contributed by atoms with Crippen LogP contribution in [0.2, 0.25) is 0 Å². The Morgan fingerprint density at radius 3 is 2.48 bits per heavy atom. The van der Waals surface area contributed by atoms with E-state index in [0.717, 1.165) is 39.1 Å². The highest BCUT2D eigenvalue weighted by atomic mass is 79.9. The van der Waals surface area contributed by atoms with Crippen LogP contribution in [0, 0.1) is 16.7 Å². The summed E-state index contributed by atoms with van der Waals surface area (Å²) in [6.45, 7) is 12.1. The minimum Gasteiger partial charge on any atom is -0.304 e. The zero-order chi connectivity index (χ0) is 24.0. The van der Waals surface area contributed by atoms with Crippen molar-refractivity contribution in [3.05, 3.63) is 51.9 Å². The quantitative estimate of drug-likeness (QED) is 0.567. The van der Waals surface area contributed by atoms with E-state index < -0.39 is 0 Å². The minimum atomic E-state index is -0.223. The molecule has 1 aromatic carbocycles. The Labute approximate surface area is 204 Å². The first-order chi connectivity index (χ1) is 15.6. The summed E-state index contributed by atoms with van der Waals surface area (Å²) < 4.78 is 0.609. The monoisotopic (exact) mass is 513 g/mol. The number of nitriles is 1. The number of anilines is 1. The summed E-state index contributed by atoms with van der Waals surface area (Å²) in [5.41, 5.74) is 4.80. The fourth-order valence-electron chi connectivity index (χ4n) is 3.48.